The van der Waals surface area contributed by atoms with Gasteiger partial charge in [0.15, 0.2) is 5.82 Å². The Balaban J connectivity index is 1.95. The highest BCUT2D eigenvalue weighted by atomic mass is 16.5. The average molecular weight is 285 g/mol. The Bertz CT molecular complexity index is 802. The minimum Gasteiger partial charge on any atom is -0.345 e. The molecule has 7 nitrogen and oxygen atoms in total. The van der Waals surface area contributed by atoms with Crippen molar-refractivity contribution in [1.29, 1.82) is 0 Å². The second kappa shape index (κ2) is 4.69. The second-order valence-electron chi connectivity index (χ2n) is 5.36. The topological polar surface area (TPSA) is 96.7 Å². The van der Waals surface area contributed by atoms with E-state index in [2.05, 4.69) is 25.4 Å². The van der Waals surface area contributed by atoms with Crippen LogP contribution in [0.25, 0.3) is 22.5 Å². The molecule has 0 radical (unpaired) electrons. The molecule has 2 heterocycles. The summed E-state index contributed by atoms with van der Waals surface area (Å²) in [4.78, 5) is 22.8. The molecule has 2 N–H and O–H groups in total. The molecule has 3 rings (SSSR count). The lowest BCUT2D eigenvalue weighted by atomic mass is 10.1. The van der Waals surface area contributed by atoms with Crippen LogP contribution in [-0.4, -0.2) is 26.0 Å². The summed E-state index contributed by atoms with van der Waals surface area (Å²) in [6.45, 7) is 5.09. The first kappa shape index (κ1) is 13.3. The smallest absolute Gasteiger partial charge is 0.258 e. The van der Waals surface area contributed by atoms with Crippen LogP contribution in [0, 0.1) is 0 Å². The fourth-order valence-electron chi connectivity index (χ4n) is 2.16. The Morgan fingerprint density at radius 1 is 1.38 bits per heavy atom. The Kier molecular flexibility index (Phi) is 2.97. The van der Waals surface area contributed by atoms with Gasteiger partial charge in [-0.25, -0.2) is 4.98 Å². The number of benzene rings is 1. The van der Waals surface area contributed by atoms with E-state index < -0.39 is 5.54 Å². The summed E-state index contributed by atoms with van der Waals surface area (Å²) in [7, 11) is 0. The lowest BCUT2D eigenvalue weighted by Gasteiger charge is -2.20. The maximum atomic E-state index is 11.2. The number of hydrogen-bond acceptors (Lipinski definition) is 5. The van der Waals surface area contributed by atoms with E-state index in [9.17, 15) is 4.79 Å². The number of aromatic nitrogens is 4. The fraction of sp³-hybridized carbons (Fsp3) is 0.286. The fourth-order valence-corrected chi connectivity index (χ4v) is 2.16. The molecule has 0 saturated carbocycles. The Morgan fingerprint density at radius 3 is 2.95 bits per heavy atom. The van der Waals surface area contributed by atoms with Crippen LogP contribution in [0.3, 0.4) is 0 Å². The molecule has 0 bridgehead atoms. The van der Waals surface area contributed by atoms with E-state index in [0.717, 1.165) is 16.6 Å². The molecule has 108 valence electrons. The van der Waals surface area contributed by atoms with E-state index in [-0.39, 0.29) is 5.91 Å². The summed E-state index contributed by atoms with van der Waals surface area (Å²) in [5.74, 6) is 0.683. The van der Waals surface area contributed by atoms with Crippen LogP contribution in [0.4, 0.5) is 0 Å². The molecule has 0 fully saturated rings. The molecule has 0 saturated heterocycles. The quantitative estimate of drug-likeness (QED) is 0.767. The Labute approximate surface area is 120 Å². The van der Waals surface area contributed by atoms with Crippen molar-refractivity contribution >= 4 is 16.9 Å². The molecule has 0 aliphatic rings. The monoisotopic (exact) mass is 285 g/mol. The molecule has 0 atom stereocenters. The molecule has 7 heteroatoms. The van der Waals surface area contributed by atoms with Gasteiger partial charge in [-0.05, 0) is 32.0 Å². The van der Waals surface area contributed by atoms with Gasteiger partial charge in [0.1, 0.15) is 0 Å². The van der Waals surface area contributed by atoms with Gasteiger partial charge in [0.05, 0.1) is 22.9 Å². The largest absolute Gasteiger partial charge is 0.345 e. The van der Waals surface area contributed by atoms with E-state index in [1.807, 2.05) is 32.0 Å². The molecular weight excluding hydrogens is 270 g/mol. The van der Waals surface area contributed by atoms with Crippen molar-refractivity contribution in [3.05, 3.63) is 30.4 Å². The molecular formula is C14H15N5O2. The summed E-state index contributed by atoms with van der Waals surface area (Å²) in [5.41, 5.74) is 1.88. The molecule has 0 aliphatic heterocycles. The first-order valence-corrected chi connectivity index (χ1v) is 6.52. The molecule has 0 unspecified atom stereocenters. The number of nitrogens with zero attached hydrogens (tertiary/aromatic N) is 3. The van der Waals surface area contributed by atoms with Crippen molar-refractivity contribution in [3.8, 4) is 11.5 Å². The van der Waals surface area contributed by atoms with Gasteiger partial charge in [-0.2, -0.15) is 4.98 Å². The number of hydrogen-bond donors (Lipinski definition) is 2. The van der Waals surface area contributed by atoms with E-state index in [4.69, 9.17) is 4.52 Å². The van der Waals surface area contributed by atoms with Gasteiger partial charge in [-0.15, -0.1) is 0 Å². The number of carbonyl (C=O) groups excluding carboxylic acids is 1. The minimum atomic E-state index is -0.689. The van der Waals surface area contributed by atoms with Gasteiger partial charge in [-0.3, -0.25) is 4.79 Å². The average Bonchev–Trinajstić information content (AvgIpc) is 3.06. The highest BCUT2D eigenvalue weighted by Crippen LogP contribution is 2.24. The molecule has 1 aromatic carbocycles. The molecule has 21 heavy (non-hydrogen) atoms. The zero-order chi connectivity index (χ0) is 15.0. The summed E-state index contributed by atoms with van der Waals surface area (Å²) >= 11 is 0. The number of H-pyrrole nitrogens is 1. The van der Waals surface area contributed by atoms with Gasteiger partial charge in [0.25, 0.3) is 5.89 Å². The summed E-state index contributed by atoms with van der Waals surface area (Å²) < 4.78 is 5.30. The normalized spacial score (nSPS) is 11.8. The number of amides is 1. The van der Waals surface area contributed by atoms with Crippen molar-refractivity contribution < 1.29 is 9.32 Å². The van der Waals surface area contributed by atoms with Gasteiger partial charge < -0.3 is 14.8 Å². The van der Waals surface area contributed by atoms with E-state index in [0.29, 0.717) is 11.7 Å². The van der Waals surface area contributed by atoms with E-state index in [1.165, 1.54) is 6.92 Å². The number of aromatic amines is 1. The van der Waals surface area contributed by atoms with Crippen molar-refractivity contribution in [1.82, 2.24) is 25.4 Å². The van der Waals surface area contributed by atoms with Gasteiger partial charge in [0, 0.05) is 12.5 Å². The van der Waals surface area contributed by atoms with Crippen LogP contribution in [-0.2, 0) is 10.3 Å². The second-order valence-corrected chi connectivity index (χ2v) is 5.36. The van der Waals surface area contributed by atoms with Crippen LogP contribution in [0.2, 0.25) is 0 Å². The Hall–Kier alpha value is -2.70. The number of imidazole rings is 1. The van der Waals surface area contributed by atoms with Crippen LogP contribution < -0.4 is 5.32 Å². The third-order valence-electron chi connectivity index (χ3n) is 3.14. The molecule has 2 aromatic heterocycles. The van der Waals surface area contributed by atoms with Crippen molar-refractivity contribution in [3.63, 3.8) is 0 Å². The zero-order valence-electron chi connectivity index (χ0n) is 12.0. The standard InChI is InChI=1S/C14H15N5O2/c1-8(20)18-14(2,3)13-17-12(21-19-13)9-4-5-10-11(6-9)16-7-15-10/h4-7H,1-3H3,(H,15,16)(H,18,20). The van der Waals surface area contributed by atoms with Crippen LogP contribution >= 0.6 is 0 Å². The molecule has 0 aliphatic carbocycles. The SMILES string of the molecule is CC(=O)NC(C)(C)c1noc(-c2ccc3nc[nH]c3c2)n1. The summed E-state index contributed by atoms with van der Waals surface area (Å²) in [6.07, 6.45) is 1.63. The van der Waals surface area contributed by atoms with Gasteiger partial charge in [-0.1, -0.05) is 5.16 Å². The summed E-state index contributed by atoms with van der Waals surface area (Å²) in [5, 5.41) is 6.74. The maximum Gasteiger partial charge on any atom is 0.258 e. The van der Waals surface area contributed by atoms with E-state index >= 15 is 0 Å². The van der Waals surface area contributed by atoms with Crippen LogP contribution in [0.1, 0.15) is 26.6 Å². The maximum absolute atomic E-state index is 11.2. The Morgan fingerprint density at radius 2 is 2.19 bits per heavy atom. The molecule has 1 amide bonds. The van der Waals surface area contributed by atoms with Crippen LogP contribution in [0.5, 0.6) is 0 Å². The van der Waals surface area contributed by atoms with Crippen molar-refractivity contribution in [2.45, 2.75) is 26.3 Å². The summed E-state index contributed by atoms with van der Waals surface area (Å²) in [6, 6.07) is 5.64. The molecule has 0 spiro atoms. The van der Waals surface area contributed by atoms with Crippen molar-refractivity contribution in [2.24, 2.45) is 0 Å². The van der Waals surface area contributed by atoms with Gasteiger partial charge in [0.2, 0.25) is 5.91 Å². The number of rotatable bonds is 3. The lowest BCUT2D eigenvalue weighted by molar-refractivity contribution is -0.120. The number of fused-ring (bicyclic) bond motifs is 1. The third-order valence-corrected chi connectivity index (χ3v) is 3.14. The van der Waals surface area contributed by atoms with Crippen LogP contribution in [0.15, 0.2) is 29.0 Å². The minimum absolute atomic E-state index is 0.148. The van der Waals surface area contributed by atoms with Gasteiger partial charge >= 0.3 is 0 Å². The highest BCUT2D eigenvalue weighted by Gasteiger charge is 2.27. The molecule has 3 aromatic rings. The predicted molar refractivity (Wildman–Crippen MR) is 76.2 cm³/mol. The lowest BCUT2D eigenvalue weighted by Crippen LogP contribution is -2.40. The van der Waals surface area contributed by atoms with Crippen molar-refractivity contribution in [2.75, 3.05) is 0 Å². The predicted octanol–water partition coefficient (Wildman–Crippen LogP) is 1.98. The third kappa shape index (κ3) is 2.49. The number of nitrogens with one attached hydrogen (secondary N) is 2. The first-order valence-electron chi connectivity index (χ1n) is 6.52. The first-order chi connectivity index (χ1) is 9.95. The zero-order valence-corrected chi connectivity index (χ0v) is 12.0. The number of carbonyl (C=O) groups is 1. The van der Waals surface area contributed by atoms with E-state index in [1.54, 1.807) is 6.33 Å². The highest BCUT2D eigenvalue weighted by molar-refractivity contribution is 5.79.